The van der Waals surface area contributed by atoms with Gasteiger partial charge in [0.05, 0.1) is 31.9 Å². The molecule has 0 radical (unpaired) electrons. The number of hydrogen-bond acceptors (Lipinski definition) is 4. The lowest BCUT2D eigenvalue weighted by Crippen LogP contribution is -2.40. The summed E-state index contributed by atoms with van der Waals surface area (Å²) < 4.78 is 5.41. The van der Waals surface area contributed by atoms with Gasteiger partial charge in [0.25, 0.3) is 0 Å². The Bertz CT molecular complexity index is 572. The van der Waals surface area contributed by atoms with E-state index < -0.39 is 6.04 Å². The standard InChI is InChI=1S/C14H17NO4/c1-9-2-3-12-10(8-19-13(12)4-9)5-14(18)15-11(6-16)7-17/h2-4,8,11,16-17H,5-7H2,1H3,(H,15,18). The van der Waals surface area contributed by atoms with Crippen LogP contribution in [0.3, 0.4) is 0 Å². The first-order valence-electron chi connectivity index (χ1n) is 6.12. The van der Waals surface area contributed by atoms with Crippen LogP contribution in [0.4, 0.5) is 0 Å². The van der Waals surface area contributed by atoms with Crippen LogP contribution >= 0.6 is 0 Å². The molecule has 0 saturated heterocycles. The number of nitrogens with one attached hydrogen (secondary N) is 1. The lowest BCUT2D eigenvalue weighted by Gasteiger charge is -2.12. The van der Waals surface area contributed by atoms with E-state index in [2.05, 4.69) is 5.32 Å². The Morgan fingerprint density at radius 2 is 2.11 bits per heavy atom. The maximum atomic E-state index is 11.8. The number of aryl methyl sites for hydroxylation is 1. The van der Waals surface area contributed by atoms with Crippen molar-refractivity contribution in [3.8, 4) is 0 Å². The zero-order valence-electron chi connectivity index (χ0n) is 10.7. The molecule has 0 fully saturated rings. The van der Waals surface area contributed by atoms with E-state index in [0.717, 1.165) is 22.1 Å². The third-order valence-corrected chi connectivity index (χ3v) is 2.97. The van der Waals surface area contributed by atoms with E-state index in [4.69, 9.17) is 14.6 Å². The van der Waals surface area contributed by atoms with Gasteiger partial charge in [-0.2, -0.15) is 0 Å². The number of benzene rings is 1. The summed E-state index contributed by atoms with van der Waals surface area (Å²) in [5.41, 5.74) is 2.64. The molecule has 1 aromatic carbocycles. The Morgan fingerprint density at radius 1 is 1.37 bits per heavy atom. The summed E-state index contributed by atoms with van der Waals surface area (Å²) in [6, 6.07) is 5.18. The molecule has 2 aromatic rings. The minimum atomic E-state index is -0.618. The molecule has 102 valence electrons. The van der Waals surface area contributed by atoms with Crippen molar-refractivity contribution in [2.45, 2.75) is 19.4 Å². The third kappa shape index (κ3) is 3.13. The first-order chi connectivity index (χ1) is 9.13. The second-order valence-corrected chi connectivity index (χ2v) is 4.57. The van der Waals surface area contributed by atoms with Crippen molar-refractivity contribution in [2.75, 3.05) is 13.2 Å². The van der Waals surface area contributed by atoms with E-state index in [1.165, 1.54) is 0 Å². The van der Waals surface area contributed by atoms with Gasteiger partial charge in [-0.1, -0.05) is 12.1 Å². The van der Waals surface area contributed by atoms with Gasteiger partial charge in [0, 0.05) is 10.9 Å². The zero-order valence-corrected chi connectivity index (χ0v) is 10.7. The molecule has 0 spiro atoms. The molecule has 1 aromatic heterocycles. The largest absolute Gasteiger partial charge is 0.464 e. The van der Waals surface area contributed by atoms with E-state index in [-0.39, 0.29) is 25.5 Å². The van der Waals surface area contributed by atoms with Crippen molar-refractivity contribution in [1.82, 2.24) is 5.32 Å². The lowest BCUT2D eigenvalue weighted by molar-refractivity contribution is -0.121. The van der Waals surface area contributed by atoms with Crippen LogP contribution in [0.1, 0.15) is 11.1 Å². The van der Waals surface area contributed by atoms with Crippen LogP contribution in [0.25, 0.3) is 11.0 Å². The highest BCUT2D eigenvalue weighted by atomic mass is 16.3. The predicted molar refractivity (Wildman–Crippen MR) is 70.8 cm³/mol. The highest BCUT2D eigenvalue weighted by Crippen LogP contribution is 2.22. The van der Waals surface area contributed by atoms with Crippen molar-refractivity contribution >= 4 is 16.9 Å². The minimum absolute atomic E-state index is 0.159. The van der Waals surface area contributed by atoms with Gasteiger partial charge in [-0.3, -0.25) is 4.79 Å². The summed E-state index contributed by atoms with van der Waals surface area (Å²) in [5.74, 6) is -0.253. The number of rotatable bonds is 5. The van der Waals surface area contributed by atoms with Gasteiger partial charge in [-0.05, 0) is 18.6 Å². The van der Waals surface area contributed by atoms with Crippen LogP contribution in [0.15, 0.2) is 28.9 Å². The second-order valence-electron chi connectivity index (χ2n) is 4.57. The Hall–Kier alpha value is -1.85. The first kappa shape index (κ1) is 13.6. The summed E-state index contributed by atoms with van der Waals surface area (Å²) in [4.78, 5) is 11.8. The molecular formula is C14H17NO4. The Kier molecular flexibility index (Phi) is 4.19. The average molecular weight is 263 g/mol. The molecule has 2 rings (SSSR count). The molecule has 0 atom stereocenters. The van der Waals surface area contributed by atoms with Gasteiger partial charge in [-0.15, -0.1) is 0 Å². The molecule has 0 aliphatic carbocycles. The molecule has 0 unspecified atom stereocenters. The quantitative estimate of drug-likeness (QED) is 0.743. The highest BCUT2D eigenvalue weighted by molar-refractivity contribution is 5.88. The second kappa shape index (κ2) is 5.86. The number of aliphatic hydroxyl groups is 2. The number of furan rings is 1. The molecule has 5 nitrogen and oxygen atoms in total. The average Bonchev–Trinajstić information content (AvgIpc) is 2.78. The number of carbonyl (C=O) groups is 1. The molecule has 1 amide bonds. The number of hydrogen-bond donors (Lipinski definition) is 3. The lowest BCUT2D eigenvalue weighted by atomic mass is 10.1. The molecule has 5 heteroatoms. The maximum Gasteiger partial charge on any atom is 0.224 e. The van der Waals surface area contributed by atoms with Crippen LogP contribution in [-0.4, -0.2) is 35.4 Å². The molecule has 19 heavy (non-hydrogen) atoms. The summed E-state index contributed by atoms with van der Waals surface area (Å²) in [6.45, 7) is 1.41. The smallest absolute Gasteiger partial charge is 0.224 e. The predicted octanol–water partition coefficient (Wildman–Crippen LogP) is 0.753. The van der Waals surface area contributed by atoms with Gasteiger partial charge < -0.3 is 19.9 Å². The molecule has 0 bridgehead atoms. The molecular weight excluding hydrogens is 246 g/mol. The number of amides is 1. The van der Waals surface area contributed by atoms with Crippen LogP contribution in [0, 0.1) is 6.92 Å². The van der Waals surface area contributed by atoms with Crippen LogP contribution in [0.2, 0.25) is 0 Å². The summed E-state index contributed by atoms with van der Waals surface area (Å²) in [5, 5.41) is 21.3. The van der Waals surface area contributed by atoms with E-state index in [1.54, 1.807) is 6.26 Å². The van der Waals surface area contributed by atoms with Gasteiger partial charge in [0.2, 0.25) is 5.91 Å². The number of aliphatic hydroxyl groups excluding tert-OH is 2. The fourth-order valence-electron chi connectivity index (χ4n) is 1.93. The Labute approximate surface area is 110 Å². The summed E-state index contributed by atoms with van der Waals surface area (Å²) in [6.07, 6.45) is 1.73. The van der Waals surface area contributed by atoms with E-state index in [0.29, 0.717) is 0 Å². The minimum Gasteiger partial charge on any atom is -0.464 e. The van der Waals surface area contributed by atoms with Gasteiger partial charge >= 0.3 is 0 Å². The van der Waals surface area contributed by atoms with Gasteiger partial charge in [-0.25, -0.2) is 0 Å². The van der Waals surface area contributed by atoms with E-state index >= 15 is 0 Å². The number of carbonyl (C=O) groups excluding carboxylic acids is 1. The SMILES string of the molecule is Cc1ccc2c(CC(=O)NC(CO)CO)coc2c1. The van der Waals surface area contributed by atoms with Crippen LogP contribution in [-0.2, 0) is 11.2 Å². The molecule has 0 saturated carbocycles. The first-order valence-corrected chi connectivity index (χ1v) is 6.12. The van der Waals surface area contributed by atoms with Crippen molar-refractivity contribution < 1.29 is 19.4 Å². The normalized spacial score (nSPS) is 11.2. The Morgan fingerprint density at radius 3 is 2.79 bits per heavy atom. The van der Waals surface area contributed by atoms with E-state index in [1.807, 2.05) is 25.1 Å². The van der Waals surface area contributed by atoms with Crippen molar-refractivity contribution in [3.63, 3.8) is 0 Å². The monoisotopic (exact) mass is 263 g/mol. The van der Waals surface area contributed by atoms with Crippen molar-refractivity contribution in [1.29, 1.82) is 0 Å². The van der Waals surface area contributed by atoms with Gasteiger partial charge in [0.15, 0.2) is 0 Å². The number of fused-ring (bicyclic) bond motifs is 1. The fourth-order valence-corrected chi connectivity index (χ4v) is 1.93. The molecule has 3 N–H and O–H groups in total. The highest BCUT2D eigenvalue weighted by Gasteiger charge is 2.13. The van der Waals surface area contributed by atoms with Crippen LogP contribution in [0.5, 0.6) is 0 Å². The summed E-state index contributed by atoms with van der Waals surface area (Å²) in [7, 11) is 0. The fraction of sp³-hybridized carbons (Fsp3) is 0.357. The maximum absolute atomic E-state index is 11.8. The molecule has 0 aliphatic rings. The molecule has 1 heterocycles. The van der Waals surface area contributed by atoms with Crippen molar-refractivity contribution in [2.24, 2.45) is 0 Å². The van der Waals surface area contributed by atoms with Crippen molar-refractivity contribution in [3.05, 3.63) is 35.6 Å². The van der Waals surface area contributed by atoms with Crippen LogP contribution < -0.4 is 5.32 Å². The molecule has 0 aliphatic heterocycles. The van der Waals surface area contributed by atoms with Gasteiger partial charge in [0.1, 0.15) is 5.58 Å². The van der Waals surface area contributed by atoms with E-state index in [9.17, 15) is 4.79 Å². The topological polar surface area (TPSA) is 82.7 Å². The zero-order chi connectivity index (χ0) is 13.8. The third-order valence-electron chi connectivity index (χ3n) is 2.97. The Balaban J connectivity index is 2.11. The summed E-state index contributed by atoms with van der Waals surface area (Å²) >= 11 is 0.